The minimum absolute atomic E-state index is 0.0735. The van der Waals surface area contributed by atoms with Crippen LogP contribution in [-0.4, -0.2) is 10.5 Å². The molecular weight excluding hydrogens is 133 g/mol. The molecule has 0 fully saturated rings. The van der Waals surface area contributed by atoms with E-state index in [-0.39, 0.29) is 5.52 Å². The van der Waals surface area contributed by atoms with Crippen LogP contribution in [0.2, 0.25) is 0 Å². The van der Waals surface area contributed by atoms with Crippen molar-refractivity contribution in [3.63, 3.8) is 0 Å². The standard InChI is InChI=1S/C6H6NOP/c8-6(9)5-3-1-2-4-7-5/h1-4H,9H2. The average molecular weight is 139 g/mol. The molecule has 0 saturated carbocycles. The third kappa shape index (κ3) is 1.58. The van der Waals surface area contributed by atoms with Crippen LogP contribution in [0.3, 0.4) is 0 Å². The fourth-order valence-electron chi connectivity index (χ4n) is 0.509. The lowest BCUT2D eigenvalue weighted by Gasteiger charge is -1.88. The first kappa shape index (κ1) is 6.37. The SMILES string of the molecule is O=C(P)c1ccccn1. The summed E-state index contributed by atoms with van der Waals surface area (Å²) in [6.07, 6.45) is 1.59. The first-order valence-corrected chi connectivity index (χ1v) is 3.09. The van der Waals surface area contributed by atoms with Crippen molar-refractivity contribution in [3.8, 4) is 0 Å². The molecule has 46 valence electrons. The summed E-state index contributed by atoms with van der Waals surface area (Å²) >= 11 is 0. The second kappa shape index (κ2) is 2.70. The molecule has 0 saturated heterocycles. The van der Waals surface area contributed by atoms with E-state index in [0.29, 0.717) is 5.69 Å². The summed E-state index contributed by atoms with van der Waals surface area (Å²) in [6, 6.07) is 5.23. The molecule has 0 N–H and O–H groups in total. The van der Waals surface area contributed by atoms with E-state index in [4.69, 9.17) is 0 Å². The van der Waals surface area contributed by atoms with Crippen molar-refractivity contribution in [2.75, 3.05) is 0 Å². The molecule has 0 bridgehead atoms. The van der Waals surface area contributed by atoms with E-state index in [9.17, 15) is 4.79 Å². The number of pyridine rings is 1. The molecule has 1 aromatic rings. The van der Waals surface area contributed by atoms with Gasteiger partial charge in [0.15, 0.2) is 5.52 Å². The largest absolute Gasteiger partial charge is 0.288 e. The molecule has 0 amide bonds. The number of aromatic nitrogens is 1. The van der Waals surface area contributed by atoms with E-state index in [0.717, 1.165) is 0 Å². The normalized spacial score (nSPS) is 9.00. The van der Waals surface area contributed by atoms with Gasteiger partial charge in [-0.2, -0.15) is 0 Å². The second-order valence-electron chi connectivity index (χ2n) is 1.58. The molecule has 1 aromatic heterocycles. The lowest BCUT2D eigenvalue weighted by Crippen LogP contribution is -1.89. The molecule has 3 heteroatoms. The highest BCUT2D eigenvalue weighted by atomic mass is 31.0. The van der Waals surface area contributed by atoms with Gasteiger partial charge in [0.2, 0.25) is 0 Å². The fraction of sp³-hybridized carbons (Fsp3) is 0. The molecule has 2 nitrogen and oxygen atoms in total. The van der Waals surface area contributed by atoms with E-state index >= 15 is 0 Å². The van der Waals surface area contributed by atoms with Crippen LogP contribution in [0.15, 0.2) is 24.4 Å². The Morgan fingerprint density at radius 3 is 2.67 bits per heavy atom. The molecule has 1 rings (SSSR count). The molecular formula is C6H6NOP. The molecule has 1 atom stereocenters. The maximum Gasteiger partial charge on any atom is 0.196 e. The van der Waals surface area contributed by atoms with Crippen molar-refractivity contribution < 1.29 is 4.79 Å². The van der Waals surface area contributed by atoms with Crippen molar-refractivity contribution >= 4 is 14.8 Å². The zero-order valence-corrected chi connectivity index (χ0v) is 5.90. The van der Waals surface area contributed by atoms with Crippen LogP contribution in [0.1, 0.15) is 10.5 Å². The third-order valence-corrected chi connectivity index (χ3v) is 1.21. The van der Waals surface area contributed by atoms with Crippen LogP contribution >= 0.6 is 9.24 Å². The van der Waals surface area contributed by atoms with Crippen molar-refractivity contribution in [1.82, 2.24) is 4.98 Å². The fourth-order valence-corrected chi connectivity index (χ4v) is 0.679. The smallest absolute Gasteiger partial charge is 0.196 e. The van der Waals surface area contributed by atoms with Gasteiger partial charge < -0.3 is 0 Å². The quantitative estimate of drug-likeness (QED) is 0.545. The summed E-state index contributed by atoms with van der Waals surface area (Å²) in [5.74, 6) is 0. The van der Waals surface area contributed by atoms with Crippen molar-refractivity contribution in [3.05, 3.63) is 30.1 Å². The lowest BCUT2D eigenvalue weighted by molar-refractivity contribution is 0.108. The minimum Gasteiger partial charge on any atom is -0.288 e. The van der Waals surface area contributed by atoms with Crippen LogP contribution in [-0.2, 0) is 0 Å². The van der Waals surface area contributed by atoms with Gasteiger partial charge in [-0.05, 0) is 12.1 Å². The van der Waals surface area contributed by atoms with Gasteiger partial charge in [-0.3, -0.25) is 9.78 Å². The summed E-state index contributed by atoms with van der Waals surface area (Å²) in [6.45, 7) is 0. The second-order valence-corrected chi connectivity index (χ2v) is 2.10. The number of hydrogen-bond donors (Lipinski definition) is 0. The molecule has 0 aliphatic rings. The first-order valence-electron chi connectivity index (χ1n) is 2.51. The highest BCUT2D eigenvalue weighted by molar-refractivity contribution is 7.41. The van der Waals surface area contributed by atoms with Crippen molar-refractivity contribution in [2.45, 2.75) is 0 Å². The molecule has 0 aromatic carbocycles. The molecule has 9 heavy (non-hydrogen) atoms. The summed E-state index contributed by atoms with van der Waals surface area (Å²) in [5.41, 5.74) is 0.415. The summed E-state index contributed by atoms with van der Waals surface area (Å²) in [4.78, 5) is 14.4. The van der Waals surface area contributed by atoms with Crippen LogP contribution in [0.5, 0.6) is 0 Å². The van der Waals surface area contributed by atoms with Crippen LogP contribution < -0.4 is 0 Å². The Kier molecular flexibility index (Phi) is 1.91. The first-order chi connectivity index (χ1) is 4.30. The molecule has 1 heterocycles. The monoisotopic (exact) mass is 139 g/mol. The Morgan fingerprint density at radius 2 is 2.33 bits per heavy atom. The van der Waals surface area contributed by atoms with Gasteiger partial charge >= 0.3 is 0 Å². The van der Waals surface area contributed by atoms with Crippen LogP contribution in [0.4, 0.5) is 0 Å². The number of nitrogens with zero attached hydrogens (tertiary/aromatic N) is 1. The summed E-state index contributed by atoms with van der Waals surface area (Å²) in [7, 11) is 2.07. The topological polar surface area (TPSA) is 30.0 Å². The Hall–Kier alpha value is -0.750. The van der Waals surface area contributed by atoms with Gasteiger partial charge in [-0.1, -0.05) is 15.3 Å². The van der Waals surface area contributed by atoms with Gasteiger partial charge in [0.1, 0.15) is 5.69 Å². The van der Waals surface area contributed by atoms with Crippen molar-refractivity contribution in [1.29, 1.82) is 0 Å². The van der Waals surface area contributed by atoms with Crippen LogP contribution in [0.25, 0.3) is 0 Å². The van der Waals surface area contributed by atoms with Gasteiger partial charge in [-0.25, -0.2) is 0 Å². The van der Waals surface area contributed by atoms with Gasteiger partial charge in [0.05, 0.1) is 0 Å². The highest BCUT2D eigenvalue weighted by Gasteiger charge is 1.95. The average Bonchev–Trinajstić information content (AvgIpc) is 1.90. The predicted molar refractivity (Wildman–Crippen MR) is 38.3 cm³/mol. The zero-order valence-electron chi connectivity index (χ0n) is 4.74. The third-order valence-electron chi connectivity index (χ3n) is 0.917. The number of hydrogen-bond acceptors (Lipinski definition) is 2. The Morgan fingerprint density at radius 1 is 1.56 bits per heavy atom. The predicted octanol–water partition coefficient (Wildman–Crippen LogP) is 1.10. The summed E-state index contributed by atoms with van der Waals surface area (Å²) < 4.78 is 0. The van der Waals surface area contributed by atoms with Gasteiger partial charge in [0, 0.05) is 6.20 Å². The molecule has 1 unspecified atom stereocenters. The van der Waals surface area contributed by atoms with Gasteiger partial charge in [-0.15, -0.1) is 0 Å². The Balaban J connectivity index is 2.98. The van der Waals surface area contributed by atoms with E-state index in [1.165, 1.54) is 0 Å². The minimum atomic E-state index is -0.0735. The Bertz CT molecular complexity index is 210. The number of carbonyl (C=O) groups excluding carboxylic acids is 1. The van der Waals surface area contributed by atoms with Crippen LogP contribution in [0, 0.1) is 0 Å². The molecule has 0 aliphatic carbocycles. The molecule has 0 spiro atoms. The zero-order chi connectivity index (χ0) is 6.69. The van der Waals surface area contributed by atoms with Crippen molar-refractivity contribution in [2.24, 2.45) is 0 Å². The Labute approximate surface area is 55.5 Å². The summed E-state index contributed by atoms with van der Waals surface area (Å²) in [5, 5.41) is 0. The maximum atomic E-state index is 10.5. The van der Waals surface area contributed by atoms with E-state index in [2.05, 4.69) is 14.2 Å². The van der Waals surface area contributed by atoms with Gasteiger partial charge in [0.25, 0.3) is 0 Å². The number of carbonyl (C=O) groups is 1. The van der Waals surface area contributed by atoms with E-state index in [1.54, 1.807) is 24.4 Å². The van der Waals surface area contributed by atoms with E-state index in [1.807, 2.05) is 0 Å². The van der Waals surface area contributed by atoms with E-state index < -0.39 is 0 Å². The highest BCUT2D eigenvalue weighted by Crippen LogP contribution is 1.99. The molecule has 0 aliphatic heterocycles. The lowest BCUT2D eigenvalue weighted by atomic mass is 10.4. The number of rotatable bonds is 1. The molecule has 0 radical (unpaired) electrons. The maximum absolute atomic E-state index is 10.5.